The van der Waals surface area contributed by atoms with E-state index in [0.29, 0.717) is 17.8 Å². The van der Waals surface area contributed by atoms with Crippen LogP contribution in [-0.2, 0) is 16.9 Å². The topological polar surface area (TPSA) is 43.8 Å². The van der Waals surface area contributed by atoms with E-state index in [2.05, 4.69) is 35.2 Å². The number of fused-ring (bicyclic) bond motifs is 1. The zero-order valence-electron chi connectivity index (χ0n) is 18.5. The third-order valence-electron chi connectivity index (χ3n) is 8.01. The molecule has 3 atom stereocenters. The summed E-state index contributed by atoms with van der Waals surface area (Å²) >= 11 is 0. The number of amides is 1. The number of carbonyl (C=O) groups is 1. The van der Waals surface area contributed by atoms with Gasteiger partial charge in [-0.2, -0.15) is 0 Å². The minimum absolute atomic E-state index is 0.0184. The van der Waals surface area contributed by atoms with Crippen molar-refractivity contribution in [3.05, 3.63) is 71.8 Å². The first-order valence-electron chi connectivity index (χ1n) is 11.9. The second kappa shape index (κ2) is 8.40. The summed E-state index contributed by atoms with van der Waals surface area (Å²) in [6, 6.07) is 20.3. The van der Waals surface area contributed by atoms with Crippen molar-refractivity contribution in [3.8, 4) is 0 Å². The standard InChI is InChI=1S/C27H34N2O2/c1-28(17-23-24-18-29(19-25(23)24)16-20-10-4-2-5-11-20)26(30)27(31,22-14-8-9-15-22)21-12-6-3-7-13-21/h2-7,10-13,22-25,31H,8-9,14-19H2,1H3. The lowest BCUT2D eigenvalue weighted by atomic mass is 9.79. The van der Waals surface area contributed by atoms with Crippen molar-refractivity contribution in [3.63, 3.8) is 0 Å². The normalized spacial score (nSPS) is 27.6. The van der Waals surface area contributed by atoms with Crippen molar-refractivity contribution in [1.82, 2.24) is 9.80 Å². The number of benzene rings is 2. The fourth-order valence-corrected chi connectivity index (χ4v) is 6.24. The fourth-order valence-electron chi connectivity index (χ4n) is 6.24. The van der Waals surface area contributed by atoms with Crippen LogP contribution in [0, 0.1) is 23.7 Å². The van der Waals surface area contributed by atoms with Crippen LogP contribution in [-0.4, -0.2) is 47.5 Å². The molecular formula is C27H34N2O2. The Morgan fingerprint density at radius 3 is 2.19 bits per heavy atom. The zero-order valence-corrected chi connectivity index (χ0v) is 18.5. The molecule has 164 valence electrons. The van der Waals surface area contributed by atoms with Gasteiger partial charge in [0, 0.05) is 39.1 Å². The molecular weight excluding hydrogens is 384 g/mol. The van der Waals surface area contributed by atoms with Gasteiger partial charge in [0.15, 0.2) is 5.60 Å². The lowest BCUT2D eigenvalue weighted by Crippen LogP contribution is -2.50. The Morgan fingerprint density at radius 2 is 1.58 bits per heavy atom. The molecule has 4 heteroatoms. The van der Waals surface area contributed by atoms with E-state index in [9.17, 15) is 9.90 Å². The van der Waals surface area contributed by atoms with Gasteiger partial charge in [-0.15, -0.1) is 0 Å². The maximum Gasteiger partial charge on any atom is 0.259 e. The first kappa shape index (κ1) is 20.7. The first-order chi connectivity index (χ1) is 15.1. The Hall–Kier alpha value is -2.17. The van der Waals surface area contributed by atoms with Gasteiger partial charge in [0.2, 0.25) is 0 Å². The molecule has 1 saturated heterocycles. The number of hydrogen-bond donors (Lipinski definition) is 1. The number of rotatable bonds is 7. The number of hydrogen-bond acceptors (Lipinski definition) is 3. The minimum atomic E-state index is -1.39. The maximum absolute atomic E-state index is 13.6. The highest BCUT2D eigenvalue weighted by Gasteiger charge is 2.56. The van der Waals surface area contributed by atoms with Crippen LogP contribution in [0.25, 0.3) is 0 Å². The smallest absolute Gasteiger partial charge is 0.259 e. The molecule has 0 bridgehead atoms. The second-order valence-electron chi connectivity index (χ2n) is 9.97. The van der Waals surface area contributed by atoms with E-state index in [0.717, 1.165) is 57.4 Å². The lowest BCUT2D eigenvalue weighted by Gasteiger charge is -2.37. The molecule has 31 heavy (non-hydrogen) atoms. The van der Waals surface area contributed by atoms with Crippen molar-refractivity contribution in [2.75, 3.05) is 26.7 Å². The van der Waals surface area contributed by atoms with Crippen molar-refractivity contribution in [2.45, 2.75) is 37.8 Å². The summed E-state index contributed by atoms with van der Waals surface area (Å²) in [5.74, 6) is 1.86. The van der Waals surface area contributed by atoms with Crippen LogP contribution in [0.15, 0.2) is 60.7 Å². The molecule has 3 aliphatic rings. The summed E-state index contributed by atoms with van der Waals surface area (Å²) in [7, 11) is 1.89. The molecule has 1 amide bonds. The Balaban J connectivity index is 1.22. The third kappa shape index (κ3) is 3.92. The number of likely N-dealkylation sites (N-methyl/N-ethyl adjacent to an activating group) is 1. The van der Waals surface area contributed by atoms with Crippen LogP contribution >= 0.6 is 0 Å². The predicted molar refractivity (Wildman–Crippen MR) is 122 cm³/mol. The van der Waals surface area contributed by atoms with Crippen LogP contribution in [0.4, 0.5) is 0 Å². The van der Waals surface area contributed by atoms with Gasteiger partial charge in [-0.05, 0) is 41.7 Å². The van der Waals surface area contributed by atoms with E-state index in [1.54, 1.807) is 0 Å². The molecule has 0 spiro atoms. The van der Waals surface area contributed by atoms with Gasteiger partial charge in [-0.1, -0.05) is 73.5 Å². The molecule has 0 aromatic heterocycles. The summed E-state index contributed by atoms with van der Waals surface area (Å²) in [5, 5.41) is 11.8. The van der Waals surface area contributed by atoms with Gasteiger partial charge in [-0.3, -0.25) is 9.69 Å². The summed E-state index contributed by atoms with van der Waals surface area (Å²) in [6.45, 7) is 4.02. The number of piperidine rings is 1. The monoisotopic (exact) mass is 418 g/mol. The molecule has 2 aromatic rings. The molecule has 2 saturated carbocycles. The van der Waals surface area contributed by atoms with Crippen molar-refractivity contribution < 1.29 is 9.90 Å². The van der Waals surface area contributed by atoms with E-state index in [1.165, 1.54) is 5.56 Å². The lowest BCUT2D eigenvalue weighted by molar-refractivity contribution is -0.158. The number of nitrogens with zero attached hydrogens (tertiary/aromatic N) is 2. The molecule has 0 radical (unpaired) electrons. The van der Waals surface area contributed by atoms with Gasteiger partial charge in [-0.25, -0.2) is 0 Å². The zero-order chi connectivity index (χ0) is 21.4. The van der Waals surface area contributed by atoms with E-state index in [-0.39, 0.29) is 11.8 Å². The van der Waals surface area contributed by atoms with Crippen LogP contribution in [0.5, 0.6) is 0 Å². The van der Waals surface area contributed by atoms with E-state index in [1.807, 2.05) is 42.3 Å². The van der Waals surface area contributed by atoms with Crippen LogP contribution in [0.3, 0.4) is 0 Å². The Morgan fingerprint density at radius 1 is 1.00 bits per heavy atom. The highest BCUT2D eigenvalue weighted by Crippen LogP contribution is 2.52. The summed E-state index contributed by atoms with van der Waals surface area (Å²) in [5.41, 5.74) is 0.733. The van der Waals surface area contributed by atoms with Crippen LogP contribution in [0.2, 0.25) is 0 Å². The highest BCUT2D eigenvalue weighted by atomic mass is 16.3. The molecule has 1 aliphatic heterocycles. The predicted octanol–water partition coefficient (Wildman–Crippen LogP) is 3.90. The molecule has 2 aromatic carbocycles. The largest absolute Gasteiger partial charge is 0.375 e. The van der Waals surface area contributed by atoms with E-state index in [4.69, 9.17) is 0 Å². The third-order valence-corrected chi connectivity index (χ3v) is 8.01. The van der Waals surface area contributed by atoms with Gasteiger partial charge in [0.05, 0.1) is 0 Å². The molecule has 3 fully saturated rings. The molecule has 2 aliphatic carbocycles. The van der Waals surface area contributed by atoms with E-state index < -0.39 is 5.60 Å². The summed E-state index contributed by atoms with van der Waals surface area (Å²) in [6.07, 6.45) is 4.05. The first-order valence-corrected chi connectivity index (χ1v) is 11.9. The maximum atomic E-state index is 13.6. The average Bonchev–Trinajstić information content (AvgIpc) is 3.21. The number of likely N-dealkylation sites (tertiary alicyclic amines) is 1. The second-order valence-corrected chi connectivity index (χ2v) is 9.97. The molecule has 5 rings (SSSR count). The fraction of sp³-hybridized carbons (Fsp3) is 0.519. The van der Waals surface area contributed by atoms with Crippen LogP contribution in [0.1, 0.15) is 36.8 Å². The molecule has 4 nitrogen and oxygen atoms in total. The van der Waals surface area contributed by atoms with Crippen molar-refractivity contribution in [2.24, 2.45) is 23.7 Å². The summed E-state index contributed by atoms with van der Waals surface area (Å²) < 4.78 is 0. The Labute approximate surface area is 185 Å². The average molecular weight is 419 g/mol. The minimum Gasteiger partial charge on any atom is -0.375 e. The number of carbonyl (C=O) groups excluding carboxylic acids is 1. The SMILES string of the molecule is CN(CC1C2CN(Cc3ccccc3)CC21)C(=O)C(O)(c1ccccc1)C1CCCC1. The molecule has 1 N–H and O–H groups in total. The van der Waals surface area contributed by atoms with Gasteiger partial charge in [0.25, 0.3) is 5.91 Å². The molecule has 3 unspecified atom stereocenters. The van der Waals surface area contributed by atoms with Gasteiger partial charge in [0.1, 0.15) is 0 Å². The summed E-state index contributed by atoms with van der Waals surface area (Å²) in [4.78, 5) is 18.0. The van der Waals surface area contributed by atoms with Crippen molar-refractivity contribution in [1.29, 1.82) is 0 Å². The van der Waals surface area contributed by atoms with Gasteiger partial charge >= 0.3 is 0 Å². The quantitative estimate of drug-likeness (QED) is 0.742. The van der Waals surface area contributed by atoms with E-state index >= 15 is 0 Å². The van der Waals surface area contributed by atoms with Crippen LogP contribution < -0.4 is 0 Å². The van der Waals surface area contributed by atoms with Gasteiger partial charge < -0.3 is 10.0 Å². The van der Waals surface area contributed by atoms with Crippen molar-refractivity contribution >= 4 is 5.91 Å². The Kier molecular flexibility index (Phi) is 5.61. The molecule has 1 heterocycles. The highest BCUT2D eigenvalue weighted by molar-refractivity contribution is 5.86. The number of aliphatic hydroxyl groups is 1. The Bertz CT molecular complexity index is 884.